The maximum absolute atomic E-state index is 13.0. The standard InChI is InChI=1S/C23H30N4O4/c1-24-22-11-19(29-2)17(12-26-22)16-6-8-27(9-7-16)23(28)18-10-20(30-3)21(13-25-18)31-14-15-4-5-15/h10-13,15-16H,4-9,14H2,1-3H3,(H,24,26). The predicted molar refractivity (Wildman–Crippen MR) is 117 cm³/mol. The normalized spacial score (nSPS) is 16.7. The van der Waals surface area contributed by atoms with E-state index in [1.54, 1.807) is 26.5 Å². The number of rotatable bonds is 8. The molecule has 8 nitrogen and oxygen atoms in total. The summed E-state index contributed by atoms with van der Waals surface area (Å²) in [5, 5.41) is 3.03. The molecule has 1 saturated carbocycles. The Morgan fingerprint density at radius 1 is 1.03 bits per heavy atom. The van der Waals surface area contributed by atoms with E-state index in [-0.39, 0.29) is 5.91 Å². The van der Waals surface area contributed by atoms with Crippen LogP contribution in [0.5, 0.6) is 17.2 Å². The molecule has 1 saturated heterocycles. The number of piperidine rings is 1. The molecule has 8 heteroatoms. The van der Waals surface area contributed by atoms with Crippen LogP contribution in [0.25, 0.3) is 0 Å². The van der Waals surface area contributed by atoms with Crippen molar-refractivity contribution in [1.29, 1.82) is 0 Å². The molecule has 166 valence electrons. The molecule has 0 atom stereocenters. The molecule has 0 spiro atoms. The van der Waals surface area contributed by atoms with Crippen LogP contribution in [-0.4, -0.2) is 61.7 Å². The van der Waals surface area contributed by atoms with Gasteiger partial charge in [-0.15, -0.1) is 0 Å². The van der Waals surface area contributed by atoms with Crippen molar-refractivity contribution in [1.82, 2.24) is 14.9 Å². The Balaban J connectivity index is 1.40. The van der Waals surface area contributed by atoms with E-state index in [2.05, 4.69) is 15.3 Å². The quantitative estimate of drug-likeness (QED) is 0.693. The zero-order valence-corrected chi connectivity index (χ0v) is 18.4. The van der Waals surface area contributed by atoms with Crippen LogP contribution in [0.3, 0.4) is 0 Å². The van der Waals surface area contributed by atoms with Gasteiger partial charge in [-0.05, 0) is 37.5 Å². The minimum atomic E-state index is -0.0823. The van der Waals surface area contributed by atoms with Gasteiger partial charge in [0, 0.05) is 44.0 Å². The van der Waals surface area contributed by atoms with Crippen LogP contribution >= 0.6 is 0 Å². The summed E-state index contributed by atoms with van der Waals surface area (Å²) < 4.78 is 16.8. The summed E-state index contributed by atoms with van der Waals surface area (Å²) in [4.78, 5) is 23.7. The molecule has 0 radical (unpaired) electrons. The number of likely N-dealkylation sites (tertiary alicyclic amines) is 1. The van der Waals surface area contributed by atoms with Gasteiger partial charge in [0.1, 0.15) is 17.3 Å². The molecule has 3 heterocycles. The Labute approximate surface area is 182 Å². The minimum Gasteiger partial charge on any atom is -0.496 e. The molecule has 4 rings (SSSR count). The van der Waals surface area contributed by atoms with Crippen LogP contribution in [0.2, 0.25) is 0 Å². The number of anilines is 1. The van der Waals surface area contributed by atoms with Gasteiger partial charge in [0.15, 0.2) is 11.5 Å². The van der Waals surface area contributed by atoms with E-state index in [9.17, 15) is 4.79 Å². The van der Waals surface area contributed by atoms with E-state index in [0.29, 0.717) is 48.7 Å². The van der Waals surface area contributed by atoms with Crippen LogP contribution in [0.1, 0.15) is 47.7 Å². The molecule has 1 aliphatic heterocycles. The number of ether oxygens (including phenoxy) is 3. The highest BCUT2D eigenvalue weighted by Gasteiger charge is 2.28. The third-order valence-corrected chi connectivity index (χ3v) is 6.04. The van der Waals surface area contributed by atoms with Crippen LogP contribution < -0.4 is 19.5 Å². The van der Waals surface area contributed by atoms with Crippen molar-refractivity contribution >= 4 is 11.7 Å². The average Bonchev–Trinajstić information content (AvgIpc) is 3.66. The molecule has 0 aromatic carbocycles. The highest BCUT2D eigenvalue weighted by Crippen LogP contribution is 2.36. The lowest BCUT2D eigenvalue weighted by Crippen LogP contribution is -2.38. The lowest BCUT2D eigenvalue weighted by molar-refractivity contribution is 0.0706. The van der Waals surface area contributed by atoms with Crippen LogP contribution in [0, 0.1) is 5.92 Å². The number of amides is 1. The fourth-order valence-electron chi connectivity index (χ4n) is 3.92. The lowest BCUT2D eigenvalue weighted by Gasteiger charge is -2.32. The van der Waals surface area contributed by atoms with Crippen molar-refractivity contribution in [3.63, 3.8) is 0 Å². The maximum Gasteiger partial charge on any atom is 0.272 e. The van der Waals surface area contributed by atoms with E-state index < -0.39 is 0 Å². The molecule has 0 bridgehead atoms. The van der Waals surface area contributed by atoms with Crippen LogP contribution in [0.15, 0.2) is 24.5 Å². The van der Waals surface area contributed by atoms with Crippen molar-refractivity contribution in [2.75, 3.05) is 46.3 Å². The Bertz CT molecular complexity index is 924. The molecule has 2 aromatic heterocycles. The Hall–Kier alpha value is -3.03. The zero-order valence-electron chi connectivity index (χ0n) is 18.4. The number of hydrogen-bond acceptors (Lipinski definition) is 7. The molecule has 1 N–H and O–H groups in total. The van der Waals surface area contributed by atoms with Gasteiger partial charge in [0.05, 0.1) is 27.0 Å². The third-order valence-electron chi connectivity index (χ3n) is 6.04. The number of aromatic nitrogens is 2. The largest absolute Gasteiger partial charge is 0.496 e. The summed E-state index contributed by atoms with van der Waals surface area (Å²) in [5.41, 5.74) is 1.47. The van der Waals surface area contributed by atoms with Gasteiger partial charge < -0.3 is 24.4 Å². The Morgan fingerprint density at radius 3 is 2.42 bits per heavy atom. The topological polar surface area (TPSA) is 85.8 Å². The summed E-state index contributed by atoms with van der Waals surface area (Å²) >= 11 is 0. The van der Waals surface area contributed by atoms with Gasteiger partial charge in [0.25, 0.3) is 5.91 Å². The smallest absolute Gasteiger partial charge is 0.272 e. The number of hydrogen-bond donors (Lipinski definition) is 1. The van der Waals surface area contributed by atoms with E-state index in [1.807, 2.05) is 24.2 Å². The second-order valence-corrected chi connectivity index (χ2v) is 8.10. The second-order valence-electron chi connectivity index (χ2n) is 8.10. The van der Waals surface area contributed by atoms with E-state index in [0.717, 1.165) is 30.0 Å². The first kappa shape index (κ1) is 21.2. The van der Waals surface area contributed by atoms with Crippen molar-refractivity contribution in [3.8, 4) is 17.2 Å². The summed E-state index contributed by atoms with van der Waals surface area (Å²) in [6.07, 6.45) is 7.60. The summed E-state index contributed by atoms with van der Waals surface area (Å²) in [5.74, 6) is 3.61. The highest BCUT2D eigenvalue weighted by atomic mass is 16.5. The highest BCUT2D eigenvalue weighted by molar-refractivity contribution is 5.93. The fourth-order valence-corrected chi connectivity index (χ4v) is 3.92. The molecule has 0 unspecified atom stereocenters. The molecular weight excluding hydrogens is 396 g/mol. The zero-order chi connectivity index (χ0) is 21.8. The van der Waals surface area contributed by atoms with E-state index in [4.69, 9.17) is 14.2 Å². The van der Waals surface area contributed by atoms with E-state index >= 15 is 0 Å². The third kappa shape index (κ3) is 4.84. The van der Waals surface area contributed by atoms with Crippen LogP contribution in [-0.2, 0) is 0 Å². The SMILES string of the molecule is CNc1cc(OC)c(C2CCN(C(=O)c3cc(OC)c(OCC4CC4)cn3)CC2)cn1. The summed E-state index contributed by atoms with van der Waals surface area (Å²) in [6.45, 7) is 1.99. The summed E-state index contributed by atoms with van der Waals surface area (Å²) in [7, 11) is 5.09. The van der Waals surface area contributed by atoms with Crippen molar-refractivity contribution in [2.24, 2.45) is 5.92 Å². The molecule has 1 aliphatic carbocycles. The van der Waals surface area contributed by atoms with Gasteiger partial charge >= 0.3 is 0 Å². The molecule has 1 amide bonds. The van der Waals surface area contributed by atoms with Crippen molar-refractivity contribution in [3.05, 3.63) is 35.8 Å². The first-order valence-electron chi connectivity index (χ1n) is 10.8. The monoisotopic (exact) mass is 426 g/mol. The molecule has 2 aliphatic rings. The fraction of sp³-hybridized carbons (Fsp3) is 0.522. The van der Waals surface area contributed by atoms with Gasteiger partial charge in [-0.1, -0.05) is 0 Å². The number of nitrogens with one attached hydrogen (secondary N) is 1. The maximum atomic E-state index is 13.0. The van der Waals surface area contributed by atoms with Gasteiger partial charge in [-0.3, -0.25) is 4.79 Å². The van der Waals surface area contributed by atoms with Gasteiger partial charge in [-0.2, -0.15) is 0 Å². The molecule has 2 aromatic rings. The number of carbonyl (C=O) groups is 1. The first-order valence-corrected chi connectivity index (χ1v) is 10.8. The predicted octanol–water partition coefficient (Wildman–Crippen LogP) is 3.34. The molecule has 2 fully saturated rings. The number of methoxy groups -OCH3 is 2. The molecule has 31 heavy (non-hydrogen) atoms. The van der Waals surface area contributed by atoms with Gasteiger partial charge in [0.2, 0.25) is 0 Å². The Morgan fingerprint density at radius 2 is 1.77 bits per heavy atom. The lowest BCUT2D eigenvalue weighted by atomic mass is 9.89. The number of carbonyl (C=O) groups excluding carboxylic acids is 1. The average molecular weight is 427 g/mol. The van der Waals surface area contributed by atoms with Crippen molar-refractivity contribution < 1.29 is 19.0 Å². The number of pyridine rings is 2. The summed E-state index contributed by atoms with van der Waals surface area (Å²) in [6, 6.07) is 3.59. The van der Waals surface area contributed by atoms with Crippen LogP contribution in [0.4, 0.5) is 5.82 Å². The van der Waals surface area contributed by atoms with Crippen molar-refractivity contribution in [2.45, 2.75) is 31.6 Å². The van der Waals surface area contributed by atoms with E-state index in [1.165, 1.54) is 12.8 Å². The first-order chi connectivity index (χ1) is 15.1. The number of nitrogens with zero attached hydrogens (tertiary/aromatic N) is 3. The Kier molecular flexibility index (Phi) is 6.44. The second kappa shape index (κ2) is 9.41. The molecular formula is C23H30N4O4. The van der Waals surface area contributed by atoms with Gasteiger partial charge in [-0.25, -0.2) is 9.97 Å². The minimum absolute atomic E-state index is 0.0823.